The van der Waals surface area contributed by atoms with Crippen molar-refractivity contribution < 1.29 is 5.02 Å². The van der Waals surface area contributed by atoms with Gasteiger partial charge in [0, 0.05) is 15.8 Å². The monoisotopic (exact) mass is 424 g/mol. The van der Waals surface area contributed by atoms with E-state index in [4.69, 9.17) is 5.73 Å². The lowest BCUT2D eigenvalue weighted by Crippen LogP contribution is -2.19. The van der Waals surface area contributed by atoms with Crippen LogP contribution in [0.5, 0.6) is 0 Å². The molecule has 3 aromatic carbocycles. The molecule has 140 valence electrons. The summed E-state index contributed by atoms with van der Waals surface area (Å²) in [4.78, 5) is 0. The fourth-order valence-corrected chi connectivity index (χ4v) is 3.03. The van der Waals surface area contributed by atoms with E-state index in [9.17, 15) is 5.02 Å². The van der Waals surface area contributed by atoms with Crippen LogP contribution in [0.1, 0.15) is 16.7 Å². The largest absolute Gasteiger partial charge is 0.433 e. The van der Waals surface area contributed by atoms with Crippen LogP contribution in [0.15, 0.2) is 65.1 Å². The van der Waals surface area contributed by atoms with Crippen LogP contribution in [0.25, 0.3) is 11.1 Å². The van der Waals surface area contributed by atoms with E-state index in [1.807, 2.05) is 38.1 Å². The van der Waals surface area contributed by atoms with Crippen molar-refractivity contribution in [3.63, 3.8) is 0 Å². The maximum Gasteiger partial charge on any atom is 0.406 e. The lowest BCUT2D eigenvalue weighted by atomic mass is 9.87. The van der Waals surface area contributed by atoms with E-state index in [0.717, 1.165) is 21.4 Å². The van der Waals surface area contributed by atoms with Crippen molar-refractivity contribution in [2.24, 2.45) is 0 Å². The molecule has 0 aliphatic rings. The Morgan fingerprint density at radius 2 is 1.59 bits per heavy atom. The Morgan fingerprint density at radius 3 is 2.15 bits per heavy atom. The minimum Gasteiger partial charge on any atom is -0.433 e. The molecule has 3 rings (SSSR count). The number of aryl methyl sites for hydroxylation is 3. The van der Waals surface area contributed by atoms with Gasteiger partial charge in [-0.25, -0.2) is 0 Å². The molecule has 0 aromatic heterocycles. The van der Waals surface area contributed by atoms with Crippen LogP contribution in [0.4, 0.5) is 11.4 Å². The number of hydrogen-bond donors (Lipinski definition) is 3. The molecule has 0 spiro atoms. The van der Waals surface area contributed by atoms with Crippen LogP contribution in [-0.2, 0) is 0 Å². The predicted octanol–water partition coefficient (Wildman–Crippen LogP) is 5.83. The molecular weight excluding hydrogens is 399 g/mol. The van der Waals surface area contributed by atoms with Gasteiger partial charge in [-0.2, -0.15) is 0 Å². The van der Waals surface area contributed by atoms with Crippen LogP contribution >= 0.6 is 15.9 Å². The number of nitrogens with two attached hydrogens (primary N) is 1. The normalized spacial score (nSPS) is 10.0. The Balaban J connectivity index is 0.000000244. The zero-order valence-electron chi connectivity index (χ0n) is 16.3. The number of rotatable bonds is 3. The first kappa shape index (κ1) is 21.1. The third-order valence-electron chi connectivity index (χ3n) is 4.23. The first-order valence-electron chi connectivity index (χ1n) is 8.91. The smallest absolute Gasteiger partial charge is 0.406 e. The van der Waals surface area contributed by atoms with E-state index in [0.29, 0.717) is 0 Å². The van der Waals surface area contributed by atoms with Gasteiger partial charge in [0.15, 0.2) is 0 Å². The molecule has 0 aliphatic heterocycles. The highest BCUT2D eigenvalue weighted by atomic mass is 79.9. The van der Waals surface area contributed by atoms with Gasteiger partial charge in [-0.1, -0.05) is 46.3 Å². The van der Waals surface area contributed by atoms with Gasteiger partial charge in [0.05, 0.1) is 0 Å². The summed E-state index contributed by atoms with van der Waals surface area (Å²) >= 11 is 3.37. The van der Waals surface area contributed by atoms with Gasteiger partial charge in [0.25, 0.3) is 0 Å². The van der Waals surface area contributed by atoms with Gasteiger partial charge in [-0.05, 0) is 85.7 Å². The summed E-state index contributed by atoms with van der Waals surface area (Å²) in [5.41, 5.74) is 13.3. The van der Waals surface area contributed by atoms with Crippen molar-refractivity contribution in [1.82, 2.24) is 0 Å². The summed E-state index contributed by atoms with van der Waals surface area (Å²) in [7, 11) is -0.534. The zero-order chi connectivity index (χ0) is 20.0. The number of nitrogen functional groups attached to an aromatic ring is 1. The predicted molar refractivity (Wildman–Crippen MR) is 122 cm³/mol. The second kappa shape index (κ2) is 9.63. The van der Waals surface area contributed by atoms with Gasteiger partial charge in [0.2, 0.25) is 0 Å². The van der Waals surface area contributed by atoms with Gasteiger partial charge in [-0.15, -0.1) is 0 Å². The van der Waals surface area contributed by atoms with E-state index in [2.05, 4.69) is 64.5 Å². The highest BCUT2D eigenvalue weighted by molar-refractivity contribution is 9.10. The molecule has 5 heteroatoms. The van der Waals surface area contributed by atoms with Crippen molar-refractivity contribution in [2.75, 3.05) is 11.0 Å². The summed E-state index contributed by atoms with van der Waals surface area (Å²) < 4.78 is 1.11. The van der Waals surface area contributed by atoms with E-state index in [1.54, 1.807) is 6.82 Å². The van der Waals surface area contributed by atoms with Crippen LogP contribution in [0, 0.1) is 20.8 Å². The van der Waals surface area contributed by atoms with Crippen LogP contribution < -0.4 is 11.0 Å². The molecule has 0 saturated heterocycles. The topological polar surface area (TPSA) is 58.3 Å². The van der Waals surface area contributed by atoms with Crippen molar-refractivity contribution in [1.29, 1.82) is 0 Å². The standard InChI is InChI=1S/C15H18BNO.C7H8BrN/c1-11-6-4-5-7-14(11)13-8-9-15(12(2)10-13)17-16(3)18;1-5-4-6(9)2-3-7(5)8/h4-10,17-18H,1-3H3;2-4H,9H2,1H3. The molecule has 0 fully saturated rings. The molecular formula is C22H26BBrN2O. The fraction of sp³-hybridized carbons (Fsp3) is 0.182. The molecule has 0 bridgehead atoms. The van der Waals surface area contributed by atoms with E-state index >= 15 is 0 Å². The zero-order valence-corrected chi connectivity index (χ0v) is 17.8. The Kier molecular flexibility index (Phi) is 7.51. The van der Waals surface area contributed by atoms with Crippen molar-refractivity contribution in [3.8, 4) is 11.1 Å². The molecule has 4 N–H and O–H groups in total. The van der Waals surface area contributed by atoms with Crippen molar-refractivity contribution >= 4 is 34.4 Å². The summed E-state index contributed by atoms with van der Waals surface area (Å²) in [6.45, 7) is 7.90. The minimum absolute atomic E-state index is 0.534. The molecule has 0 saturated carbocycles. The van der Waals surface area contributed by atoms with Crippen molar-refractivity contribution in [3.05, 3.63) is 81.8 Å². The van der Waals surface area contributed by atoms with Crippen LogP contribution in [-0.4, -0.2) is 12.1 Å². The Morgan fingerprint density at radius 1 is 0.889 bits per heavy atom. The van der Waals surface area contributed by atoms with Crippen molar-refractivity contribution in [2.45, 2.75) is 27.6 Å². The number of nitrogens with one attached hydrogen (secondary N) is 1. The van der Waals surface area contributed by atoms with E-state index < -0.39 is 7.05 Å². The fourth-order valence-electron chi connectivity index (χ4n) is 2.78. The summed E-state index contributed by atoms with van der Waals surface area (Å²) in [6, 6.07) is 20.4. The first-order chi connectivity index (χ1) is 12.8. The molecule has 3 nitrogen and oxygen atoms in total. The summed E-state index contributed by atoms with van der Waals surface area (Å²) in [5, 5.41) is 12.4. The average Bonchev–Trinajstić information content (AvgIpc) is 2.61. The Hall–Kier alpha value is -2.24. The molecule has 0 aliphatic carbocycles. The number of anilines is 2. The van der Waals surface area contributed by atoms with Gasteiger partial charge >= 0.3 is 7.05 Å². The highest BCUT2D eigenvalue weighted by Gasteiger charge is 2.07. The Bertz CT molecular complexity index is 913. The lowest BCUT2D eigenvalue weighted by molar-refractivity contribution is 0.587. The third-order valence-corrected chi connectivity index (χ3v) is 5.12. The molecule has 27 heavy (non-hydrogen) atoms. The third kappa shape index (κ3) is 6.16. The quantitative estimate of drug-likeness (QED) is 0.366. The SMILES string of the molecule is CB(O)Nc1ccc(-c2ccccc2C)cc1C.Cc1cc(N)ccc1Br. The number of halogens is 1. The molecule has 0 radical (unpaired) electrons. The summed E-state index contributed by atoms with van der Waals surface area (Å²) in [6.07, 6.45) is 0. The Labute approximate surface area is 170 Å². The van der Waals surface area contributed by atoms with Crippen LogP contribution in [0.2, 0.25) is 6.82 Å². The lowest BCUT2D eigenvalue weighted by Gasteiger charge is -2.12. The van der Waals surface area contributed by atoms with Gasteiger partial charge in [0.1, 0.15) is 0 Å². The molecule has 0 unspecified atom stereocenters. The molecule has 0 atom stereocenters. The average molecular weight is 425 g/mol. The molecule has 3 aromatic rings. The highest BCUT2D eigenvalue weighted by Crippen LogP contribution is 2.27. The van der Waals surface area contributed by atoms with Gasteiger partial charge < -0.3 is 16.0 Å². The van der Waals surface area contributed by atoms with Crippen LogP contribution in [0.3, 0.4) is 0 Å². The van der Waals surface area contributed by atoms with E-state index in [1.165, 1.54) is 22.3 Å². The second-order valence-corrected chi connectivity index (χ2v) is 7.53. The molecule has 0 heterocycles. The maximum absolute atomic E-state index is 9.35. The first-order valence-corrected chi connectivity index (χ1v) is 9.70. The molecule has 0 amide bonds. The second-order valence-electron chi connectivity index (χ2n) is 6.67. The number of benzene rings is 3. The number of hydrogen-bond acceptors (Lipinski definition) is 3. The summed E-state index contributed by atoms with van der Waals surface area (Å²) in [5.74, 6) is 0. The van der Waals surface area contributed by atoms with Gasteiger partial charge in [-0.3, -0.25) is 0 Å². The minimum atomic E-state index is -0.534. The van der Waals surface area contributed by atoms with E-state index in [-0.39, 0.29) is 0 Å². The maximum atomic E-state index is 9.35.